The predicted octanol–water partition coefficient (Wildman–Crippen LogP) is 2.63. The molecule has 1 aromatic rings. The summed E-state index contributed by atoms with van der Waals surface area (Å²) < 4.78 is 0. The van der Waals surface area contributed by atoms with Crippen LogP contribution in [0.2, 0.25) is 5.02 Å². The van der Waals surface area contributed by atoms with Gasteiger partial charge < -0.3 is 10.6 Å². The SMILES string of the molecule is O=C(NCC1(c2cccc(Cl)c2)CC1)C1CCCCN1. The topological polar surface area (TPSA) is 41.1 Å². The van der Waals surface area contributed by atoms with E-state index in [1.54, 1.807) is 0 Å². The number of hydrogen-bond acceptors (Lipinski definition) is 2. The zero-order valence-corrected chi connectivity index (χ0v) is 12.4. The van der Waals surface area contributed by atoms with Crippen molar-refractivity contribution in [2.24, 2.45) is 0 Å². The fourth-order valence-corrected chi connectivity index (χ4v) is 3.18. The van der Waals surface area contributed by atoms with Gasteiger partial charge in [0.25, 0.3) is 0 Å². The van der Waals surface area contributed by atoms with E-state index in [9.17, 15) is 4.79 Å². The van der Waals surface area contributed by atoms with Gasteiger partial charge in [-0.3, -0.25) is 4.79 Å². The van der Waals surface area contributed by atoms with Gasteiger partial charge in [-0.15, -0.1) is 0 Å². The number of nitrogens with one attached hydrogen (secondary N) is 2. The highest BCUT2D eigenvalue weighted by atomic mass is 35.5. The molecule has 1 aromatic carbocycles. The van der Waals surface area contributed by atoms with Crippen LogP contribution in [-0.2, 0) is 10.2 Å². The third-order valence-corrected chi connectivity index (χ3v) is 4.75. The Morgan fingerprint density at radius 3 is 2.90 bits per heavy atom. The fourth-order valence-electron chi connectivity index (χ4n) is 2.99. The molecule has 0 spiro atoms. The van der Waals surface area contributed by atoms with Crippen molar-refractivity contribution in [3.8, 4) is 0 Å². The molecular weight excluding hydrogens is 272 g/mol. The lowest BCUT2D eigenvalue weighted by atomic mass is 9.95. The average molecular weight is 293 g/mol. The molecule has 1 heterocycles. The second-order valence-electron chi connectivity index (χ2n) is 6.01. The Labute approximate surface area is 125 Å². The number of piperidine rings is 1. The number of carbonyl (C=O) groups excluding carboxylic acids is 1. The van der Waals surface area contributed by atoms with Gasteiger partial charge in [-0.1, -0.05) is 30.2 Å². The average Bonchev–Trinajstić information content (AvgIpc) is 3.27. The summed E-state index contributed by atoms with van der Waals surface area (Å²) in [5.41, 5.74) is 1.37. The fraction of sp³-hybridized carbons (Fsp3) is 0.562. The van der Waals surface area contributed by atoms with Gasteiger partial charge in [0.2, 0.25) is 5.91 Å². The highest BCUT2D eigenvalue weighted by molar-refractivity contribution is 6.30. The Hall–Kier alpha value is -1.06. The van der Waals surface area contributed by atoms with Gasteiger partial charge in [0, 0.05) is 17.0 Å². The first-order valence-electron chi connectivity index (χ1n) is 7.47. The molecule has 1 saturated carbocycles. The number of hydrogen-bond donors (Lipinski definition) is 2. The van der Waals surface area contributed by atoms with Crippen LogP contribution >= 0.6 is 11.6 Å². The van der Waals surface area contributed by atoms with Crippen LogP contribution in [0, 0.1) is 0 Å². The summed E-state index contributed by atoms with van der Waals surface area (Å²) in [6.45, 7) is 1.68. The summed E-state index contributed by atoms with van der Waals surface area (Å²) in [4.78, 5) is 12.2. The Kier molecular flexibility index (Phi) is 3.99. The van der Waals surface area contributed by atoms with Crippen LogP contribution in [-0.4, -0.2) is 25.0 Å². The van der Waals surface area contributed by atoms with Gasteiger partial charge in [0.1, 0.15) is 0 Å². The monoisotopic (exact) mass is 292 g/mol. The molecule has 0 bridgehead atoms. The molecule has 2 fully saturated rings. The summed E-state index contributed by atoms with van der Waals surface area (Å²) in [5, 5.41) is 7.19. The molecule has 2 N–H and O–H groups in total. The van der Waals surface area contributed by atoms with E-state index < -0.39 is 0 Å². The van der Waals surface area contributed by atoms with Crippen LogP contribution in [0.3, 0.4) is 0 Å². The molecule has 1 saturated heterocycles. The van der Waals surface area contributed by atoms with E-state index in [0.29, 0.717) is 0 Å². The van der Waals surface area contributed by atoms with E-state index in [2.05, 4.69) is 16.7 Å². The highest BCUT2D eigenvalue weighted by Gasteiger charge is 2.44. The lowest BCUT2D eigenvalue weighted by molar-refractivity contribution is -0.123. The van der Waals surface area contributed by atoms with Gasteiger partial charge in [-0.05, 0) is 49.9 Å². The number of carbonyl (C=O) groups is 1. The van der Waals surface area contributed by atoms with Crippen molar-refractivity contribution in [1.29, 1.82) is 0 Å². The first kappa shape index (κ1) is 13.9. The van der Waals surface area contributed by atoms with Crippen molar-refractivity contribution < 1.29 is 4.79 Å². The van der Waals surface area contributed by atoms with E-state index >= 15 is 0 Å². The molecule has 1 amide bonds. The number of halogens is 1. The van der Waals surface area contributed by atoms with Crippen LogP contribution in [0.15, 0.2) is 24.3 Å². The van der Waals surface area contributed by atoms with Crippen LogP contribution < -0.4 is 10.6 Å². The van der Waals surface area contributed by atoms with Gasteiger partial charge in [0.15, 0.2) is 0 Å². The standard InChI is InChI=1S/C16H21ClN2O/c17-13-5-3-4-12(10-13)16(7-8-16)11-19-15(20)14-6-1-2-9-18-14/h3-5,10,14,18H,1-2,6-9,11H2,(H,19,20). The zero-order valence-electron chi connectivity index (χ0n) is 11.6. The maximum Gasteiger partial charge on any atom is 0.237 e. The molecule has 0 radical (unpaired) electrons. The number of rotatable bonds is 4. The molecule has 20 heavy (non-hydrogen) atoms. The molecular formula is C16H21ClN2O. The summed E-state index contributed by atoms with van der Waals surface area (Å²) in [7, 11) is 0. The van der Waals surface area contributed by atoms with E-state index in [1.165, 1.54) is 12.0 Å². The van der Waals surface area contributed by atoms with Crippen LogP contribution in [0.25, 0.3) is 0 Å². The Morgan fingerprint density at radius 1 is 1.40 bits per heavy atom. The first-order valence-corrected chi connectivity index (χ1v) is 7.85. The summed E-state index contributed by atoms with van der Waals surface area (Å²) in [6, 6.07) is 8.02. The Balaban J connectivity index is 1.59. The summed E-state index contributed by atoms with van der Waals surface area (Å²) >= 11 is 6.07. The first-order chi connectivity index (χ1) is 9.70. The van der Waals surface area contributed by atoms with Gasteiger partial charge in [-0.25, -0.2) is 0 Å². The van der Waals surface area contributed by atoms with Crippen molar-refractivity contribution in [2.45, 2.75) is 43.6 Å². The maximum atomic E-state index is 12.2. The summed E-state index contributed by atoms with van der Waals surface area (Å²) in [5.74, 6) is 0.151. The molecule has 3 rings (SSSR count). The molecule has 1 aliphatic heterocycles. The third-order valence-electron chi connectivity index (χ3n) is 4.52. The minimum atomic E-state index is -0.00101. The lowest BCUT2D eigenvalue weighted by Gasteiger charge is -2.24. The van der Waals surface area contributed by atoms with Gasteiger partial charge >= 0.3 is 0 Å². The normalized spacial score (nSPS) is 24.1. The molecule has 1 aliphatic carbocycles. The lowest BCUT2D eigenvalue weighted by Crippen LogP contribution is -2.48. The molecule has 108 valence electrons. The molecule has 0 aromatic heterocycles. The largest absolute Gasteiger partial charge is 0.354 e. The molecule has 1 unspecified atom stereocenters. The third kappa shape index (κ3) is 2.99. The van der Waals surface area contributed by atoms with Gasteiger partial charge in [0.05, 0.1) is 6.04 Å². The van der Waals surface area contributed by atoms with Crippen molar-refractivity contribution in [2.75, 3.05) is 13.1 Å². The Bertz CT molecular complexity index is 493. The van der Waals surface area contributed by atoms with Crippen LogP contribution in [0.1, 0.15) is 37.7 Å². The van der Waals surface area contributed by atoms with Crippen LogP contribution in [0.5, 0.6) is 0 Å². The van der Waals surface area contributed by atoms with Crippen molar-refractivity contribution in [3.05, 3.63) is 34.9 Å². The zero-order chi connectivity index (χ0) is 14.0. The van der Waals surface area contributed by atoms with Crippen LogP contribution in [0.4, 0.5) is 0 Å². The molecule has 4 heteroatoms. The minimum Gasteiger partial charge on any atom is -0.354 e. The summed E-state index contributed by atoms with van der Waals surface area (Å²) in [6.07, 6.45) is 5.54. The van der Waals surface area contributed by atoms with E-state index in [1.807, 2.05) is 18.2 Å². The molecule has 2 aliphatic rings. The smallest absolute Gasteiger partial charge is 0.237 e. The second-order valence-corrected chi connectivity index (χ2v) is 6.45. The quantitative estimate of drug-likeness (QED) is 0.896. The highest BCUT2D eigenvalue weighted by Crippen LogP contribution is 2.48. The van der Waals surface area contributed by atoms with Crippen molar-refractivity contribution in [1.82, 2.24) is 10.6 Å². The minimum absolute atomic E-state index is 0.00101. The van der Waals surface area contributed by atoms with Gasteiger partial charge in [-0.2, -0.15) is 0 Å². The second kappa shape index (κ2) is 5.74. The van der Waals surface area contributed by atoms with Crippen molar-refractivity contribution >= 4 is 17.5 Å². The molecule has 1 atom stereocenters. The van der Waals surface area contributed by atoms with E-state index in [-0.39, 0.29) is 17.4 Å². The molecule has 3 nitrogen and oxygen atoms in total. The van der Waals surface area contributed by atoms with Crippen molar-refractivity contribution in [3.63, 3.8) is 0 Å². The maximum absolute atomic E-state index is 12.2. The predicted molar refractivity (Wildman–Crippen MR) is 81.0 cm³/mol. The number of amides is 1. The number of benzene rings is 1. The van der Waals surface area contributed by atoms with E-state index in [0.717, 1.165) is 43.8 Å². The van der Waals surface area contributed by atoms with E-state index in [4.69, 9.17) is 11.6 Å². The Morgan fingerprint density at radius 2 is 2.25 bits per heavy atom.